The molecule has 0 N–H and O–H groups in total. The van der Waals surface area contributed by atoms with Crippen LogP contribution in [-0.4, -0.2) is 54.0 Å². The Morgan fingerprint density at radius 3 is 2.42 bits per heavy atom. The van der Waals surface area contributed by atoms with E-state index in [2.05, 4.69) is 4.98 Å². The zero-order valence-corrected chi connectivity index (χ0v) is 18.1. The molecule has 1 fully saturated rings. The first-order valence-corrected chi connectivity index (χ1v) is 10.7. The zero-order chi connectivity index (χ0) is 22.0. The molecule has 9 heteroatoms. The second-order valence-corrected chi connectivity index (χ2v) is 8.19. The van der Waals surface area contributed by atoms with Crippen molar-refractivity contribution in [1.82, 2.24) is 9.88 Å². The summed E-state index contributed by atoms with van der Waals surface area (Å²) < 4.78 is 5.19. The van der Waals surface area contributed by atoms with Gasteiger partial charge >= 0.3 is 0 Å². The van der Waals surface area contributed by atoms with Crippen LogP contribution >= 0.6 is 11.3 Å². The molecular weight excluding hydrogens is 416 g/mol. The number of aromatic nitrogens is 1. The van der Waals surface area contributed by atoms with E-state index in [1.54, 1.807) is 30.2 Å². The number of nitro benzene ring substituents is 1. The van der Waals surface area contributed by atoms with Gasteiger partial charge in [0.2, 0.25) is 0 Å². The van der Waals surface area contributed by atoms with E-state index in [4.69, 9.17) is 4.74 Å². The highest BCUT2D eigenvalue weighted by Crippen LogP contribution is 2.31. The molecule has 4 rings (SSSR count). The number of thiazole rings is 1. The van der Waals surface area contributed by atoms with Crippen molar-refractivity contribution in [3.8, 4) is 16.3 Å². The number of methoxy groups -OCH3 is 1. The van der Waals surface area contributed by atoms with Crippen molar-refractivity contribution in [2.45, 2.75) is 6.92 Å². The molecule has 0 unspecified atom stereocenters. The van der Waals surface area contributed by atoms with E-state index >= 15 is 0 Å². The lowest BCUT2D eigenvalue weighted by Crippen LogP contribution is -2.48. The molecule has 160 valence electrons. The number of para-hydroxylation sites is 2. The maximum absolute atomic E-state index is 13.1. The smallest absolute Gasteiger partial charge is 0.292 e. The summed E-state index contributed by atoms with van der Waals surface area (Å²) in [5, 5.41) is 12.1. The molecule has 1 saturated heterocycles. The predicted octanol–water partition coefficient (Wildman–Crippen LogP) is 4.00. The lowest BCUT2D eigenvalue weighted by molar-refractivity contribution is -0.384. The topological polar surface area (TPSA) is 88.8 Å². The van der Waals surface area contributed by atoms with Crippen LogP contribution < -0.4 is 9.64 Å². The van der Waals surface area contributed by atoms with Crippen LogP contribution in [0.25, 0.3) is 10.6 Å². The van der Waals surface area contributed by atoms with E-state index in [-0.39, 0.29) is 16.5 Å². The molecule has 0 saturated carbocycles. The van der Waals surface area contributed by atoms with Gasteiger partial charge in [-0.25, -0.2) is 4.98 Å². The van der Waals surface area contributed by atoms with Gasteiger partial charge in [-0.05, 0) is 37.3 Å². The zero-order valence-electron chi connectivity index (χ0n) is 17.3. The first-order chi connectivity index (χ1) is 15.0. The normalized spacial score (nSPS) is 13.9. The van der Waals surface area contributed by atoms with Gasteiger partial charge in [-0.1, -0.05) is 12.1 Å². The predicted molar refractivity (Wildman–Crippen MR) is 120 cm³/mol. The third-order valence-corrected chi connectivity index (χ3v) is 6.51. The molecule has 1 amide bonds. The van der Waals surface area contributed by atoms with Crippen LogP contribution in [-0.2, 0) is 0 Å². The average molecular weight is 439 g/mol. The molecule has 0 radical (unpaired) electrons. The highest BCUT2D eigenvalue weighted by Gasteiger charge is 2.28. The van der Waals surface area contributed by atoms with E-state index in [0.29, 0.717) is 42.4 Å². The standard InChI is InChI=1S/C22H22N4O4S/c1-15-20(31-21(23-15)16-7-9-17(30-2)10-8-16)22(27)25-13-11-24(12-14-25)18-5-3-4-6-19(18)26(28)29/h3-10H,11-14H2,1-2H3. The number of rotatable bonds is 5. The first-order valence-electron chi connectivity index (χ1n) is 9.87. The average Bonchev–Trinajstić information content (AvgIpc) is 3.20. The Morgan fingerprint density at radius 1 is 1.10 bits per heavy atom. The van der Waals surface area contributed by atoms with Crippen LogP contribution in [0.5, 0.6) is 5.75 Å². The van der Waals surface area contributed by atoms with E-state index in [0.717, 1.165) is 16.3 Å². The van der Waals surface area contributed by atoms with Crippen molar-refractivity contribution < 1.29 is 14.5 Å². The number of carbonyl (C=O) groups excluding carboxylic acids is 1. The molecule has 0 atom stereocenters. The van der Waals surface area contributed by atoms with Crippen molar-refractivity contribution in [2.24, 2.45) is 0 Å². The maximum Gasteiger partial charge on any atom is 0.292 e. The molecular formula is C22H22N4O4S. The second-order valence-electron chi connectivity index (χ2n) is 7.19. The van der Waals surface area contributed by atoms with Crippen LogP contribution in [0.3, 0.4) is 0 Å². The largest absolute Gasteiger partial charge is 0.497 e. The SMILES string of the molecule is COc1ccc(-c2nc(C)c(C(=O)N3CCN(c4ccccc4[N+](=O)[O-])CC3)s2)cc1. The molecule has 0 bridgehead atoms. The van der Waals surface area contributed by atoms with Gasteiger partial charge in [0, 0.05) is 37.8 Å². The van der Waals surface area contributed by atoms with Gasteiger partial charge in [0.15, 0.2) is 0 Å². The van der Waals surface area contributed by atoms with Gasteiger partial charge in [0.1, 0.15) is 21.3 Å². The summed E-state index contributed by atoms with van der Waals surface area (Å²) in [6.45, 7) is 3.93. The number of anilines is 1. The molecule has 2 aromatic carbocycles. The van der Waals surface area contributed by atoms with E-state index < -0.39 is 0 Å². The summed E-state index contributed by atoms with van der Waals surface area (Å²) in [5.74, 6) is 0.724. The summed E-state index contributed by atoms with van der Waals surface area (Å²) in [6.07, 6.45) is 0. The summed E-state index contributed by atoms with van der Waals surface area (Å²) >= 11 is 1.39. The van der Waals surface area contributed by atoms with Crippen molar-refractivity contribution in [2.75, 3.05) is 38.2 Å². The van der Waals surface area contributed by atoms with Crippen LogP contribution in [0.1, 0.15) is 15.4 Å². The third kappa shape index (κ3) is 4.22. The molecule has 3 aromatic rings. The summed E-state index contributed by atoms with van der Waals surface area (Å²) in [6, 6.07) is 14.3. The summed E-state index contributed by atoms with van der Waals surface area (Å²) in [7, 11) is 1.62. The molecule has 1 aromatic heterocycles. The fraction of sp³-hybridized carbons (Fsp3) is 0.273. The number of piperazine rings is 1. The lowest BCUT2D eigenvalue weighted by Gasteiger charge is -2.35. The number of ether oxygens (including phenoxy) is 1. The van der Waals surface area contributed by atoms with Gasteiger partial charge in [0.25, 0.3) is 11.6 Å². The Labute approximate surface area is 183 Å². The number of hydrogen-bond donors (Lipinski definition) is 0. The van der Waals surface area contributed by atoms with Crippen molar-refractivity contribution >= 4 is 28.6 Å². The second kappa shape index (κ2) is 8.73. The van der Waals surface area contributed by atoms with Crippen molar-refractivity contribution in [3.63, 3.8) is 0 Å². The van der Waals surface area contributed by atoms with Gasteiger partial charge in [0.05, 0.1) is 17.7 Å². The third-order valence-electron chi connectivity index (χ3n) is 5.31. The Kier molecular flexibility index (Phi) is 5.85. The monoisotopic (exact) mass is 438 g/mol. The minimum Gasteiger partial charge on any atom is -0.497 e. The Morgan fingerprint density at radius 2 is 1.77 bits per heavy atom. The molecule has 0 aliphatic carbocycles. The molecule has 8 nitrogen and oxygen atoms in total. The first kappa shape index (κ1) is 20.8. The fourth-order valence-corrected chi connectivity index (χ4v) is 4.67. The summed E-state index contributed by atoms with van der Waals surface area (Å²) in [5.41, 5.74) is 2.33. The lowest BCUT2D eigenvalue weighted by atomic mass is 10.2. The van der Waals surface area contributed by atoms with E-state index in [9.17, 15) is 14.9 Å². The molecule has 31 heavy (non-hydrogen) atoms. The fourth-order valence-electron chi connectivity index (χ4n) is 3.63. The van der Waals surface area contributed by atoms with Crippen LogP contribution in [0, 0.1) is 17.0 Å². The minimum atomic E-state index is -0.367. The highest BCUT2D eigenvalue weighted by atomic mass is 32.1. The number of nitro groups is 1. The number of nitrogens with zero attached hydrogens (tertiary/aromatic N) is 4. The van der Waals surface area contributed by atoms with Gasteiger partial charge in [-0.2, -0.15) is 0 Å². The number of hydrogen-bond acceptors (Lipinski definition) is 7. The number of amides is 1. The Hall–Kier alpha value is -3.46. The Balaban J connectivity index is 1.47. The minimum absolute atomic E-state index is 0.0445. The van der Waals surface area contributed by atoms with E-state index in [1.807, 2.05) is 36.1 Å². The molecule has 2 heterocycles. The molecule has 1 aliphatic rings. The summed E-state index contributed by atoms with van der Waals surface area (Å²) in [4.78, 5) is 33.1. The number of benzene rings is 2. The van der Waals surface area contributed by atoms with Gasteiger partial charge < -0.3 is 14.5 Å². The van der Waals surface area contributed by atoms with E-state index in [1.165, 1.54) is 17.4 Å². The van der Waals surface area contributed by atoms with Crippen molar-refractivity contribution in [3.05, 3.63) is 69.2 Å². The van der Waals surface area contributed by atoms with Crippen LogP contribution in [0.4, 0.5) is 11.4 Å². The maximum atomic E-state index is 13.1. The van der Waals surface area contributed by atoms with Crippen molar-refractivity contribution in [1.29, 1.82) is 0 Å². The highest BCUT2D eigenvalue weighted by molar-refractivity contribution is 7.17. The molecule has 1 aliphatic heterocycles. The van der Waals surface area contributed by atoms with Gasteiger partial charge in [-0.15, -0.1) is 11.3 Å². The van der Waals surface area contributed by atoms with Gasteiger partial charge in [-0.3, -0.25) is 14.9 Å². The van der Waals surface area contributed by atoms with Crippen LogP contribution in [0.15, 0.2) is 48.5 Å². The van der Waals surface area contributed by atoms with Crippen LogP contribution in [0.2, 0.25) is 0 Å². The quantitative estimate of drug-likeness (QED) is 0.442. The molecule has 0 spiro atoms. The number of aryl methyl sites for hydroxylation is 1. The number of carbonyl (C=O) groups is 1. The Bertz CT molecular complexity index is 1100.